The maximum absolute atomic E-state index is 11.9. The molecule has 0 spiro atoms. The highest BCUT2D eigenvalue weighted by Crippen LogP contribution is 2.19. The SMILES string of the molecule is Nc1cc(C(=O)NCC2CCCCO2)ccc1Cl. The van der Waals surface area contributed by atoms with Crippen molar-refractivity contribution >= 4 is 23.2 Å². The zero-order valence-corrected chi connectivity index (χ0v) is 10.9. The lowest BCUT2D eigenvalue weighted by molar-refractivity contribution is 0.0169. The third-order valence-corrected chi connectivity index (χ3v) is 3.37. The summed E-state index contributed by atoms with van der Waals surface area (Å²) in [6, 6.07) is 4.87. The van der Waals surface area contributed by atoms with Crippen molar-refractivity contribution in [3.63, 3.8) is 0 Å². The fraction of sp³-hybridized carbons (Fsp3) is 0.462. The first-order valence-corrected chi connectivity index (χ1v) is 6.49. The number of hydrogen-bond acceptors (Lipinski definition) is 3. The third kappa shape index (κ3) is 3.37. The molecule has 1 aliphatic rings. The first-order valence-electron chi connectivity index (χ1n) is 6.11. The van der Waals surface area contributed by atoms with E-state index in [1.54, 1.807) is 18.2 Å². The Balaban J connectivity index is 1.88. The van der Waals surface area contributed by atoms with Gasteiger partial charge in [0.1, 0.15) is 0 Å². The molecule has 0 radical (unpaired) electrons. The van der Waals surface area contributed by atoms with E-state index >= 15 is 0 Å². The van der Waals surface area contributed by atoms with E-state index in [2.05, 4.69) is 5.32 Å². The van der Waals surface area contributed by atoms with E-state index in [9.17, 15) is 4.79 Å². The number of nitrogens with one attached hydrogen (secondary N) is 1. The number of nitrogens with two attached hydrogens (primary N) is 1. The Labute approximate surface area is 111 Å². The van der Waals surface area contributed by atoms with Crippen molar-refractivity contribution in [1.82, 2.24) is 5.32 Å². The van der Waals surface area contributed by atoms with Crippen LogP contribution in [-0.2, 0) is 4.74 Å². The molecule has 1 heterocycles. The van der Waals surface area contributed by atoms with Crippen LogP contribution in [0.4, 0.5) is 5.69 Å². The molecule has 0 saturated carbocycles. The molecule has 0 aliphatic carbocycles. The number of carbonyl (C=O) groups excluding carboxylic acids is 1. The number of benzene rings is 1. The van der Waals surface area contributed by atoms with Crippen molar-refractivity contribution in [2.45, 2.75) is 25.4 Å². The average Bonchev–Trinajstić information content (AvgIpc) is 2.40. The maximum atomic E-state index is 11.9. The molecule has 1 aromatic rings. The number of carbonyl (C=O) groups is 1. The van der Waals surface area contributed by atoms with E-state index in [1.807, 2.05) is 0 Å². The summed E-state index contributed by atoms with van der Waals surface area (Å²) in [5, 5.41) is 3.31. The van der Waals surface area contributed by atoms with Gasteiger partial charge in [0.25, 0.3) is 5.91 Å². The molecule has 0 bridgehead atoms. The molecule has 1 fully saturated rings. The smallest absolute Gasteiger partial charge is 0.251 e. The molecule has 1 saturated heterocycles. The minimum Gasteiger partial charge on any atom is -0.398 e. The fourth-order valence-corrected chi connectivity index (χ4v) is 2.08. The number of hydrogen-bond donors (Lipinski definition) is 2. The molecule has 1 amide bonds. The zero-order valence-electron chi connectivity index (χ0n) is 10.1. The second-order valence-corrected chi connectivity index (χ2v) is 4.84. The molecule has 0 aromatic heterocycles. The van der Waals surface area contributed by atoms with Crippen LogP contribution in [-0.4, -0.2) is 25.2 Å². The summed E-state index contributed by atoms with van der Waals surface area (Å²) in [4.78, 5) is 11.9. The molecule has 5 heteroatoms. The minimum atomic E-state index is -0.146. The van der Waals surface area contributed by atoms with Gasteiger partial charge in [0.05, 0.1) is 16.8 Å². The Hall–Kier alpha value is -1.26. The molecular weight excluding hydrogens is 252 g/mol. The summed E-state index contributed by atoms with van der Waals surface area (Å²) in [5.74, 6) is -0.146. The van der Waals surface area contributed by atoms with Gasteiger partial charge in [0.2, 0.25) is 0 Å². The Kier molecular flexibility index (Phi) is 4.44. The molecule has 1 atom stereocenters. The topological polar surface area (TPSA) is 64.4 Å². The monoisotopic (exact) mass is 268 g/mol. The van der Waals surface area contributed by atoms with Gasteiger partial charge in [0.15, 0.2) is 0 Å². The van der Waals surface area contributed by atoms with Gasteiger partial charge in [-0.15, -0.1) is 0 Å². The summed E-state index contributed by atoms with van der Waals surface area (Å²) < 4.78 is 5.55. The highest BCUT2D eigenvalue weighted by molar-refractivity contribution is 6.33. The molecule has 1 unspecified atom stereocenters. The predicted octanol–water partition coefficient (Wildman–Crippen LogP) is 2.22. The highest BCUT2D eigenvalue weighted by Gasteiger charge is 2.15. The molecule has 4 nitrogen and oxygen atoms in total. The van der Waals surface area contributed by atoms with Gasteiger partial charge < -0.3 is 15.8 Å². The highest BCUT2D eigenvalue weighted by atomic mass is 35.5. The number of ether oxygens (including phenoxy) is 1. The Bertz CT molecular complexity index is 431. The van der Waals surface area contributed by atoms with Crippen LogP contribution >= 0.6 is 11.6 Å². The van der Waals surface area contributed by atoms with E-state index < -0.39 is 0 Å². The molecule has 2 rings (SSSR count). The predicted molar refractivity (Wildman–Crippen MR) is 71.8 cm³/mol. The first kappa shape index (κ1) is 13.2. The van der Waals surface area contributed by atoms with Crippen molar-refractivity contribution in [3.8, 4) is 0 Å². The van der Waals surface area contributed by atoms with Crippen LogP contribution in [0.2, 0.25) is 5.02 Å². The van der Waals surface area contributed by atoms with Crippen molar-refractivity contribution in [2.75, 3.05) is 18.9 Å². The van der Waals surface area contributed by atoms with Gasteiger partial charge in [-0.25, -0.2) is 0 Å². The lowest BCUT2D eigenvalue weighted by Crippen LogP contribution is -2.35. The van der Waals surface area contributed by atoms with Gasteiger partial charge >= 0.3 is 0 Å². The van der Waals surface area contributed by atoms with Gasteiger partial charge in [-0.05, 0) is 37.5 Å². The number of anilines is 1. The lowest BCUT2D eigenvalue weighted by Gasteiger charge is -2.22. The molecule has 3 N–H and O–H groups in total. The third-order valence-electron chi connectivity index (χ3n) is 3.02. The summed E-state index contributed by atoms with van der Waals surface area (Å²) >= 11 is 5.81. The number of nitrogen functional groups attached to an aromatic ring is 1. The maximum Gasteiger partial charge on any atom is 0.251 e. The van der Waals surface area contributed by atoms with Crippen LogP contribution in [0.25, 0.3) is 0 Å². The van der Waals surface area contributed by atoms with Crippen LogP contribution in [0, 0.1) is 0 Å². The van der Waals surface area contributed by atoms with Crippen LogP contribution in [0.5, 0.6) is 0 Å². The van der Waals surface area contributed by atoms with Gasteiger partial charge in [0, 0.05) is 18.7 Å². The summed E-state index contributed by atoms with van der Waals surface area (Å²) in [5.41, 5.74) is 6.60. The van der Waals surface area contributed by atoms with E-state index in [-0.39, 0.29) is 12.0 Å². The van der Waals surface area contributed by atoms with Crippen LogP contribution in [0.3, 0.4) is 0 Å². The Morgan fingerprint density at radius 2 is 2.33 bits per heavy atom. The van der Waals surface area contributed by atoms with Gasteiger partial charge in [-0.1, -0.05) is 11.6 Å². The van der Waals surface area contributed by atoms with Gasteiger partial charge in [-0.3, -0.25) is 4.79 Å². The molecule has 18 heavy (non-hydrogen) atoms. The van der Waals surface area contributed by atoms with E-state index in [4.69, 9.17) is 22.1 Å². The fourth-order valence-electron chi connectivity index (χ4n) is 1.96. The van der Waals surface area contributed by atoms with E-state index in [0.717, 1.165) is 25.9 Å². The standard InChI is InChI=1S/C13H17ClN2O2/c14-11-5-4-9(7-12(11)15)13(17)16-8-10-3-1-2-6-18-10/h4-5,7,10H,1-3,6,8,15H2,(H,16,17). The van der Waals surface area contributed by atoms with Crippen molar-refractivity contribution < 1.29 is 9.53 Å². The summed E-state index contributed by atoms with van der Waals surface area (Å²) in [6.07, 6.45) is 3.41. The average molecular weight is 269 g/mol. The quantitative estimate of drug-likeness (QED) is 0.826. The molecule has 98 valence electrons. The van der Waals surface area contributed by atoms with Crippen LogP contribution in [0.15, 0.2) is 18.2 Å². The largest absolute Gasteiger partial charge is 0.398 e. The minimum absolute atomic E-state index is 0.132. The number of rotatable bonds is 3. The number of amides is 1. The van der Waals surface area contributed by atoms with Crippen molar-refractivity contribution in [2.24, 2.45) is 0 Å². The zero-order chi connectivity index (χ0) is 13.0. The summed E-state index contributed by atoms with van der Waals surface area (Å²) in [6.45, 7) is 1.33. The van der Waals surface area contributed by atoms with E-state index in [0.29, 0.717) is 22.8 Å². The Morgan fingerprint density at radius 3 is 3.00 bits per heavy atom. The van der Waals surface area contributed by atoms with Crippen molar-refractivity contribution in [1.29, 1.82) is 0 Å². The van der Waals surface area contributed by atoms with Crippen LogP contribution < -0.4 is 11.1 Å². The van der Waals surface area contributed by atoms with Crippen LogP contribution in [0.1, 0.15) is 29.6 Å². The Morgan fingerprint density at radius 1 is 1.50 bits per heavy atom. The van der Waals surface area contributed by atoms with E-state index in [1.165, 1.54) is 0 Å². The van der Waals surface area contributed by atoms with Crippen molar-refractivity contribution in [3.05, 3.63) is 28.8 Å². The molecule has 1 aliphatic heterocycles. The lowest BCUT2D eigenvalue weighted by atomic mass is 10.1. The molecular formula is C13H17ClN2O2. The summed E-state index contributed by atoms with van der Waals surface area (Å²) in [7, 11) is 0. The second-order valence-electron chi connectivity index (χ2n) is 4.43. The molecule has 1 aromatic carbocycles. The number of halogens is 1. The first-order chi connectivity index (χ1) is 8.66. The second kappa shape index (κ2) is 6.07. The van der Waals surface area contributed by atoms with Gasteiger partial charge in [-0.2, -0.15) is 0 Å². The normalized spacial score (nSPS) is 19.5.